The molecule has 0 aliphatic carbocycles. The Hall–Kier alpha value is -0.920. The van der Waals surface area contributed by atoms with Gasteiger partial charge in [-0.1, -0.05) is 0 Å². The third-order valence-electron chi connectivity index (χ3n) is 1.02. The van der Waals surface area contributed by atoms with Gasteiger partial charge in [-0.15, -0.1) is 0 Å². The first-order valence-corrected chi connectivity index (χ1v) is 2.56. The quantitative estimate of drug-likeness (QED) is 0.486. The Morgan fingerprint density at radius 2 is 2.50 bits per heavy atom. The van der Waals surface area contributed by atoms with Crippen molar-refractivity contribution in [3.63, 3.8) is 0 Å². The maximum atomic E-state index is 7.15. The molecule has 0 spiro atoms. The molecule has 2 nitrogen and oxygen atoms in total. The smallest absolute Gasteiger partial charge is 0.0385 e. The second-order valence-corrected chi connectivity index (χ2v) is 1.88. The fraction of sp³-hybridized carbons (Fsp3) is 0.333. The first-order chi connectivity index (χ1) is 3.79. The number of allylic oxidation sites excluding steroid dienone is 1. The number of hydrogen-bond acceptors (Lipinski definition) is 2. The predicted molar refractivity (Wildman–Crippen MR) is 34.6 cm³/mol. The van der Waals surface area contributed by atoms with Gasteiger partial charge in [0, 0.05) is 24.0 Å². The van der Waals surface area contributed by atoms with Crippen molar-refractivity contribution in [2.75, 3.05) is 0 Å². The highest BCUT2D eigenvalue weighted by Crippen LogP contribution is 1.97. The minimum absolute atomic E-state index is 0.650. The average Bonchev–Trinajstić information content (AvgIpc) is 1.64. The number of nitrogens with zero attached hydrogens (tertiary/aromatic N) is 1. The summed E-state index contributed by atoms with van der Waals surface area (Å²) in [5.41, 5.74) is 1.68. The number of aliphatic imine (C=N–C) groups is 1. The van der Waals surface area contributed by atoms with Crippen molar-refractivity contribution >= 4 is 11.4 Å². The molecule has 1 N–H and O–H groups in total. The molecule has 0 saturated heterocycles. The zero-order valence-electron chi connectivity index (χ0n) is 4.81. The van der Waals surface area contributed by atoms with E-state index >= 15 is 0 Å². The molecule has 0 radical (unpaired) electrons. The Morgan fingerprint density at radius 1 is 1.75 bits per heavy atom. The molecule has 0 atom stereocenters. The minimum Gasteiger partial charge on any atom is -0.305 e. The SMILES string of the molecule is CC1=NC=CC(=N)C1. The van der Waals surface area contributed by atoms with Crippen molar-refractivity contribution in [1.82, 2.24) is 0 Å². The van der Waals surface area contributed by atoms with Gasteiger partial charge in [0.25, 0.3) is 0 Å². The van der Waals surface area contributed by atoms with Gasteiger partial charge in [-0.05, 0) is 13.0 Å². The van der Waals surface area contributed by atoms with E-state index in [-0.39, 0.29) is 0 Å². The maximum absolute atomic E-state index is 7.15. The van der Waals surface area contributed by atoms with Crippen LogP contribution in [-0.2, 0) is 0 Å². The molecule has 0 aromatic rings. The Bertz CT molecular complexity index is 165. The van der Waals surface area contributed by atoms with Crippen LogP contribution in [0.5, 0.6) is 0 Å². The summed E-state index contributed by atoms with van der Waals surface area (Å²) in [4.78, 5) is 3.98. The summed E-state index contributed by atoms with van der Waals surface area (Å²) in [5.74, 6) is 0. The Morgan fingerprint density at radius 3 is 2.88 bits per heavy atom. The van der Waals surface area contributed by atoms with E-state index in [2.05, 4.69) is 4.99 Å². The van der Waals surface area contributed by atoms with Crippen LogP contribution in [0.3, 0.4) is 0 Å². The molecule has 0 aromatic carbocycles. The van der Waals surface area contributed by atoms with Crippen molar-refractivity contribution in [1.29, 1.82) is 5.41 Å². The predicted octanol–water partition coefficient (Wildman–Crippen LogP) is 1.38. The molecule has 0 saturated carbocycles. The van der Waals surface area contributed by atoms with Crippen LogP contribution in [0.2, 0.25) is 0 Å². The van der Waals surface area contributed by atoms with Gasteiger partial charge in [0.2, 0.25) is 0 Å². The standard InChI is InChI=1S/C6H8N2/c1-5-4-6(7)2-3-8-5/h2-3,7H,4H2,1H3. The van der Waals surface area contributed by atoms with Gasteiger partial charge >= 0.3 is 0 Å². The van der Waals surface area contributed by atoms with Gasteiger partial charge in [0.15, 0.2) is 0 Å². The number of rotatable bonds is 0. The Kier molecular flexibility index (Phi) is 1.24. The van der Waals surface area contributed by atoms with Crippen molar-refractivity contribution in [3.8, 4) is 0 Å². The van der Waals surface area contributed by atoms with Gasteiger partial charge in [-0.2, -0.15) is 0 Å². The van der Waals surface area contributed by atoms with E-state index in [1.54, 1.807) is 12.3 Å². The fourth-order valence-electron chi connectivity index (χ4n) is 0.635. The van der Waals surface area contributed by atoms with Crippen LogP contribution in [0.1, 0.15) is 13.3 Å². The lowest BCUT2D eigenvalue weighted by Crippen LogP contribution is -2.03. The second kappa shape index (κ2) is 1.90. The summed E-state index contributed by atoms with van der Waals surface area (Å²) in [7, 11) is 0. The molecule has 1 aliphatic rings. The summed E-state index contributed by atoms with van der Waals surface area (Å²) in [6.07, 6.45) is 4.10. The highest BCUT2D eigenvalue weighted by atomic mass is 14.7. The molecule has 42 valence electrons. The number of hydrogen-bond donors (Lipinski definition) is 1. The normalized spacial score (nSPS) is 18.6. The third kappa shape index (κ3) is 1.03. The summed E-state index contributed by atoms with van der Waals surface area (Å²) in [6, 6.07) is 0. The first kappa shape index (κ1) is 5.22. The molecule has 0 fully saturated rings. The molecule has 0 unspecified atom stereocenters. The van der Waals surface area contributed by atoms with E-state index in [0.29, 0.717) is 5.71 Å². The topological polar surface area (TPSA) is 36.2 Å². The van der Waals surface area contributed by atoms with Crippen LogP contribution in [0.25, 0.3) is 0 Å². The van der Waals surface area contributed by atoms with Gasteiger partial charge in [-0.3, -0.25) is 4.99 Å². The minimum atomic E-state index is 0.650. The Balaban J connectivity index is 2.73. The van der Waals surface area contributed by atoms with E-state index in [1.165, 1.54) is 0 Å². The van der Waals surface area contributed by atoms with E-state index in [9.17, 15) is 0 Å². The van der Waals surface area contributed by atoms with Crippen molar-refractivity contribution in [2.24, 2.45) is 4.99 Å². The zero-order valence-corrected chi connectivity index (χ0v) is 4.81. The molecule has 2 heteroatoms. The highest BCUT2D eigenvalue weighted by molar-refractivity contribution is 6.09. The van der Waals surface area contributed by atoms with Crippen molar-refractivity contribution in [3.05, 3.63) is 12.3 Å². The molecule has 1 heterocycles. The lowest BCUT2D eigenvalue weighted by Gasteiger charge is -2.00. The molecule has 1 rings (SSSR count). The van der Waals surface area contributed by atoms with E-state index in [4.69, 9.17) is 5.41 Å². The van der Waals surface area contributed by atoms with Gasteiger partial charge in [0.1, 0.15) is 0 Å². The molecule has 8 heavy (non-hydrogen) atoms. The van der Waals surface area contributed by atoms with Crippen LogP contribution >= 0.6 is 0 Å². The fourth-order valence-corrected chi connectivity index (χ4v) is 0.635. The van der Waals surface area contributed by atoms with Crippen LogP contribution in [0.4, 0.5) is 0 Å². The second-order valence-electron chi connectivity index (χ2n) is 1.88. The van der Waals surface area contributed by atoms with Crippen molar-refractivity contribution < 1.29 is 0 Å². The summed E-state index contributed by atoms with van der Waals surface area (Å²) in [6.45, 7) is 1.93. The molecule has 0 bridgehead atoms. The highest BCUT2D eigenvalue weighted by Gasteiger charge is 1.97. The first-order valence-electron chi connectivity index (χ1n) is 2.56. The monoisotopic (exact) mass is 108 g/mol. The molecular weight excluding hydrogens is 100 g/mol. The summed E-state index contributed by atoms with van der Waals surface area (Å²) >= 11 is 0. The van der Waals surface area contributed by atoms with Crippen LogP contribution in [0, 0.1) is 5.41 Å². The summed E-state index contributed by atoms with van der Waals surface area (Å²) in [5, 5.41) is 7.15. The van der Waals surface area contributed by atoms with Crippen LogP contribution < -0.4 is 0 Å². The Labute approximate surface area is 48.4 Å². The van der Waals surface area contributed by atoms with E-state index < -0.39 is 0 Å². The molecule has 1 aliphatic heterocycles. The average molecular weight is 108 g/mol. The molecular formula is C6H8N2. The molecule has 0 aromatic heterocycles. The van der Waals surface area contributed by atoms with Gasteiger partial charge in [-0.25, -0.2) is 0 Å². The lowest BCUT2D eigenvalue weighted by atomic mass is 10.2. The lowest BCUT2D eigenvalue weighted by molar-refractivity contribution is 1.34. The number of nitrogens with one attached hydrogen (secondary N) is 1. The maximum Gasteiger partial charge on any atom is 0.0385 e. The van der Waals surface area contributed by atoms with Gasteiger partial charge in [0.05, 0.1) is 0 Å². The zero-order chi connectivity index (χ0) is 5.98. The van der Waals surface area contributed by atoms with Crippen molar-refractivity contribution in [2.45, 2.75) is 13.3 Å². The van der Waals surface area contributed by atoms with Gasteiger partial charge < -0.3 is 5.41 Å². The molecule has 0 amide bonds. The van der Waals surface area contributed by atoms with Crippen LogP contribution in [0.15, 0.2) is 17.3 Å². The van der Waals surface area contributed by atoms with E-state index in [1.807, 2.05) is 6.92 Å². The van der Waals surface area contributed by atoms with Crippen LogP contribution in [-0.4, -0.2) is 11.4 Å². The third-order valence-corrected chi connectivity index (χ3v) is 1.02. The largest absolute Gasteiger partial charge is 0.305 e. The summed E-state index contributed by atoms with van der Waals surface area (Å²) < 4.78 is 0. The van der Waals surface area contributed by atoms with E-state index in [0.717, 1.165) is 12.1 Å².